The van der Waals surface area contributed by atoms with Crippen LogP contribution in [0.25, 0.3) is 0 Å². The highest BCUT2D eigenvalue weighted by Gasteiger charge is 2.13. The molecular formula is C15H22O3. The number of hydrogen-bond acceptors (Lipinski definition) is 3. The maximum atomic E-state index is 9.51. The molecule has 0 amide bonds. The average molecular weight is 250 g/mol. The summed E-state index contributed by atoms with van der Waals surface area (Å²) in [6, 6.07) is 5.47. The first kappa shape index (κ1) is 13.2. The van der Waals surface area contributed by atoms with Crippen LogP contribution in [0.1, 0.15) is 37.7 Å². The summed E-state index contributed by atoms with van der Waals surface area (Å²) in [6.45, 7) is 0.749. The van der Waals surface area contributed by atoms with Gasteiger partial charge in [0.15, 0.2) is 11.5 Å². The van der Waals surface area contributed by atoms with Crippen molar-refractivity contribution in [2.24, 2.45) is 0 Å². The molecular weight excluding hydrogens is 228 g/mol. The third kappa shape index (κ3) is 3.64. The monoisotopic (exact) mass is 250 g/mol. The fourth-order valence-electron chi connectivity index (χ4n) is 2.45. The number of benzene rings is 1. The van der Waals surface area contributed by atoms with Crippen molar-refractivity contribution in [2.45, 2.75) is 44.6 Å². The topological polar surface area (TPSA) is 38.7 Å². The zero-order valence-corrected chi connectivity index (χ0v) is 11.0. The average Bonchev–Trinajstić information content (AvgIpc) is 2.42. The molecule has 1 N–H and O–H groups in total. The van der Waals surface area contributed by atoms with E-state index in [0.29, 0.717) is 11.9 Å². The van der Waals surface area contributed by atoms with Crippen LogP contribution < -0.4 is 4.74 Å². The summed E-state index contributed by atoms with van der Waals surface area (Å²) in [7, 11) is 1.57. The molecule has 2 rings (SSSR count). The lowest BCUT2D eigenvalue weighted by atomic mass is 9.98. The molecule has 0 atom stereocenters. The number of aromatic hydroxyl groups is 1. The van der Waals surface area contributed by atoms with E-state index in [0.717, 1.165) is 18.6 Å². The largest absolute Gasteiger partial charge is 0.504 e. The number of phenolic OH excluding ortho intramolecular Hbond substituents is 1. The summed E-state index contributed by atoms with van der Waals surface area (Å²) in [5, 5.41) is 9.51. The fraction of sp³-hybridized carbons (Fsp3) is 0.600. The highest BCUT2D eigenvalue weighted by molar-refractivity contribution is 5.41. The molecule has 3 heteroatoms. The van der Waals surface area contributed by atoms with Gasteiger partial charge in [0, 0.05) is 0 Å². The van der Waals surface area contributed by atoms with Crippen molar-refractivity contribution >= 4 is 0 Å². The van der Waals surface area contributed by atoms with Crippen molar-refractivity contribution in [3.8, 4) is 11.5 Å². The highest BCUT2D eigenvalue weighted by atomic mass is 16.5. The molecule has 100 valence electrons. The minimum atomic E-state index is 0.189. The molecule has 0 bridgehead atoms. The highest BCUT2D eigenvalue weighted by Crippen LogP contribution is 2.26. The zero-order valence-electron chi connectivity index (χ0n) is 11.0. The van der Waals surface area contributed by atoms with Crippen molar-refractivity contribution in [1.82, 2.24) is 0 Å². The van der Waals surface area contributed by atoms with E-state index < -0.39 is 0 Å². The van der Waals surface area contributed by atoms with E-state index in [4.69, 9.17) is 9.47 Å². The molecule has 0 radical (unpaired) electrons. The van der Waals surface area contributed by atoms with Crippen LogP contribution in [0.2, 0.25) is 0 Å². The number of ether oxygens (including phenoxy) is 2. The molecule has 1 fully saturated rings. The Bertz CT molecular complexity index is 370. The normalized spacial score (nSPS) is 16.7. The molecule has 1 aromatic carbocycles. The van der Waals surface area contributed by atoms with Gasteiger partial charge in [0.2, 0.25) is 0 Å². The summed E-state index contributed by atoms with van der Waals surface area (Å²) >= 11 is 0. The maximum Gasteiger partial charge on any atom is 0.160 e. The van der Waals surface area contributed by atoms with Gasteiger partial charge in [-0.1, -0.05) is 25.3 Å². The molecule has 0 spiro atoms. The lowest BCUT2D eigenvalue weighted by Gasteiger charge is -2.22. The van der Waals surface area contributed by atoms with Gasteiger partial charge in [-0.25, -0.2) is 0 Å². The Kier molecular flexibility index (Phi) is 4.88. The number of phenols is 1. The van der Waals surface area contributed by atoms with Crippen LogP contribution in [0.3, 0.4) is 0 Å². The minimum Gasteiger partial charge on any atom is -0.504 e. The third-order valence-corrected chi connectivity index (χ3v) is 3.54. The Morgan fingerprint density at radius 3 is 2.72 bits per heavy atom. The summed E-state index contributed by atoms with van der Waals surface area (Å²) in [4.78, 5) is 0. The Labute approximate surface area is 109 Å². The molecule has 1 aliphatic rings. The summed E-state index contributed by atoms with van der Waals surface area (Å²) in [5.41, 5.74) is 1.14. The lowest BCUT2D eigenvalue weighted by molar-refractivity contribution is 0.0303. The van der Waals surface area contributed by atoms with Crippen LogP contribution in [-0.4, -0.2) is 24.9 Å². The van der Waals surface area contributed by atoms with E-state index in [9.17, 15) is 5.11 Å². The van der Waals surface area contributed by atoms with Crippen molar-refractivity contribution in [2.75, 3.05) is 13.7 Å². The molecule has 0 heterocycles. The minimum absolute atomic E-state index is 0.189. The summed E-state index contributed by atoms with van der Waals surface area (Å²) in [5.74, 6) is 0.722. The van der Waals surface area contributed by atoms with Crippen LogP contribution in [0, 0.1) is 0 Å². The van der Waals surface area contributed by atoms with Crippen LogP contribution in [0.15, 0.2) is 18.2 Å². The first-order chi connectivity index (χ1) is 8.79. The summed E-state index contributed by atoms with van der Waals surface area (Å²) < 4.78 is 11.0. The number of methoxy groups -OCH3 is 1. The van der Waals surface area contributed by atoms with Crippen molar-refractivity contribution in [1.29, 1.82) is 0 Å². The van der Waals surface area contributed by atoms with E-state index in [2.05, 4.69) is 0 Å². The van der Waals surface area contributed by atoms with Crippen LogP contribution in [0.5, 0.6) is 11.5 Å². The third-order valence-electron chi connectivity index (χ3n) is 3.54. The molecule has 0 unspecified atom stereocenters. The second-order valence-electron chi connectivity index (χ2n) is 4.89. The number of hydrogen-bond donors (Lipinski definition) is 1. The van der Waals surface area contributed by atoms with Gasteiger partial charge in [-0.05, 0) is 37.0 Å². The molecule has 1 saturated carbocycles. The zero-order chi connectivity index (χ0) is 12.8. The standard InChI is InChI=1S/C15H22O3/c1-17-15-11-12(7-8-14(15)16)9-10-18-13-5-3-2-4-6-13/h7-8,11,13,16H,2-6,9-10H2,1H3. The van der Waals surface area contributed by atoms with Gasteiger partial charge in [-0.15, -0.1) is 0 Å². The second kappa shape index (κ2) is 6.64. The van der Waals surface area contributed by atoms with Crippen molar-refractivity contribution in [3.63, 3.8) is 0 Å². The number of rotatable bonds is 5. The van der Waals surface area contributed by atoms with Gasteiger partial charge < -0.3 is 14.6 Å². The molecule has 18 heavy (non-hydrogen) atoms. The summed E-state index contributed by atoms with van der Waals surface area (Å²) in [6.07, 6.45) is 7.70. The SMILES string of the molecule is COc1cc(CCOC2CCCCC2)ccc1O. The second-order valence-corrected chi connectivity index (χ2v) is 4.89. The predicted octanol–water partition coefficient (Wildman–Crippen LogP) is 3.29. The quantitative estimate of drug-likeness (QED) is 0.871. The smallest absolute Gasteiger partial charge is 0.160 e. The maximum absolute atomic E-state index is 9.51. The molecule has 0 aliphatic heterocycles. The van der Waals surface area contributed by atoms with Gasteiger partial charge in [0.05, 0.1) is 19.8 Å². The van der Waals surface area contributed by atoms with Gasteiger partial charge in [-0.3, -0.25) is 0 Å². The lowest BCUT2D eigenvalue weighted by Crippen LogP contribution is -2.17. The molecule has 3 nitrogen and oxygen atoms in total. The first-order valence-corrected chi connectivity index (χ1v) is 6.77. The van der Waals surface area contributed by atoms with E-state index in [-0.39, 0.29) is 5.75 Å². The van der Waals surface area contributed by atoms with Crippen LogP contribution in [0.4, 0.5) is 0 Å². The van der Waals surface area contributed by atoms with Gasteiger partial charge in [0.25, 0.3) is 0 Å². The van der Waals surface area contributed by atoms with Gasteiger partial charge in [0.1, 0.15) is 0 Å². The van der Waals surface area contributed by atoms with E-state index in [1.54, 1.807) is 13.2 Å². The van der Waals surface area contributed by atoms with Crippen molar-refractivity contribution < 1.29 is 14.6 Å². The Morgan fingerprint density at radius 2 is 2.00 bits per heavy atom. The first-order valence-electron chi connectivity index (χ1n) is 6.77. The van der Waals surface area contributed by atoms with E-state index in [1.165, 1.54) is 32.1 Å². The Hall–Kier alpha value is -1.22. The fourth-order valence-corrected chi connectivity index (χ4v) is 2.45. The van der Waals surface area contributed by atoms with Crippen LogP contribution in [-0.2, 0) is 11.2 Å². The van der Waals surface area contributed by atoms with Gasteiger partial charge >= 0.3 is 0 Å². The molecule has 1 aliphatic carbocycles. The van der Waals surface area contributed by atoms with E-state index >= 15 is 0 Å². The van der Waals surface area contributed by atoms with Crippen LogP contribution >= 0.6 is 0 Å². The Morgan fingerprint density at radius 1 is 1.22 bits per heavy atom. The molecule has 0 aromatic heterocycles. The van der Waals surface area contributed by atoms with E-state index in [1.807, 2.05) is 12.1 Å². The molecule has 1 aromatic rings. The van der Waals surface area contributed by atoms with Gasteiger partial charge in [-0.2, -0.15) is 0 Å². The Balaban J connectivity index is 1.79. The van der Waals surface area contributed by atoms with Crippen molar-refractivity contribution in [3.05, 3.63) is 23.8 Å². The predicted molar refractivity (Wildman–Crippen MR) is 71.2 cm³/mol. The molecule has 0 saturated heterocycles.